The summed E-state index contributed by atoms with van der Waals surface area (Å²) in [5.41, 5.74) is 6.22. The lowest BCUT2D eigenvalue weighted by molar-refractivity contribution is -0.0189. The Morgan fingerprint density at radius 2 is 0.930 bits per heavy atom. The third-order valence-corrected chi connectivity index (χ3v) is 9.68. The van der Waals surface area contributed by atoms with E-state index in [2.05, 4.69) is 0 Å². The maximum atomic E-state index is 13.8. The monoisotopic (exact) mass is 754 g/mol. The highest BCUT2D eigenvalue weighted by Gasteiger charge is 2.37. The summed E-state index contributed by atoms with van der Waals surface area (Å²) in [5.74, 6) is 2.71. The normalized spacial score (nSPS) is 14.4. The second-order valence-corrected chi connectivity index (χ2v) is 13.8. The van der Waals surface area contributed by atoms with Crippen molar-refractivity contribution in [1.29, 1.82) is 0 Å². The van der Waals surface area contributed by atoms with Gasteiger partial charge in [-0.1, -0.05) is 133 Å². The van der Waals surface area contributed by atoms with Gasteiger partial charge in [-0.25, -0.2) is 4.79 Å². The van der Waals surface area contributed by atoms with Crippen LogP contribution in [0, 0.1) is 0 Å². The molecule has 284 valence electrons. The molecule has 7 aromatic rings. The van der Waals surface area contributed by atoms with Gasteiger partial charge in [0.1, 0.15) is 61.3 Å². The first-order valence-electron chi connectivity index (χ1n) is 19.0. The zero-order valence-electron chi connectivity index (χ0n) is 31.4. The Hall–Kier alpha value is -6.99. The number of carbonyl (C=O) groups excluding carboxylic acids is 1. The van der Waals surface area contributed by atoms with Crippen LogP contribution in [0.4, 0.5) is 0 Å². The van der Waals surface area contributed by atoms with Gasteiger partial charge in [-0.05, 0) is 64.2 Å². The zero-order valence-corrected chi connectivity index (χ0v) is 31.4. The summed E-state index contributed by atoms with van der Waals surface area (Å²) in [6.07, 6.45) is -0.978. The topological polar surface area (TPSA) is 72.5 Å². The second-order valence-electron chi connectivity index (χ2n) is 13.8. The number of esters is 1. The van der Waals surface area contributed by atoms with Gasteiger partial charge in [0.25, 0.3) is 0 Å². The van der Waals surface area contributed by atoms with Crippen LogP contribution in [0.25, 0.3) is 0 Å². The highest BCUT2D eigenvalue weighted by atomic mass is 16.6. The highest BCUT2D eigenvalue weighted by Crippen LogP contribution is 2.44. The molecule has 0 amide bonds. The molecule has 0 N–H and O–H groups in total. The average molecular weight is 755 g/mol. The average Bonchev–Trinajstić information content (AvgIpc) is 3.28. The Balaban J connectivity index is 1.06. The Labute approximate surface area is 333 Å². The van der Waals surface area contributed by atoms with Gasteiger partial charge < -0.3 is 28.4 Å². The van der Waals surface area contributed by atoms with E-state index in [1.807, 2.05) is 158 Å². The quantitative estimate of drug-likeness (QED) is 0.0965. The molecule has 0 fully saturated rings. The van der Waals surface area contributed by atoms with Gasteiger partial charge in [-0.3, -0.25) is 0 Å². The van der Waals surface area contributed by atoms with Crippen molar-refractivity contribution in [2.24, 2.45) is 0 Å². The van der Waals surface area contributed by atoms with E-state index < -0.39 is 18.2 Å². The van der Waals surface area contributed by atoms with Crippen LogP contribution in [0.15, 0.2) is 182 Å². The maximum absolute atomic E-state index is 13.8. The lowest BCUT2D eigenvalue weighted by Gasteiger charge is -2.34. The molecule has 0 saturated carbocycles. The van der Waals surface area contributed by atoms with Crippen LogP contribution in [-0.2, 0) is 37.6 Å². The van der Waals surface area contributed by atoms with E-state index >= 15 is 0 Å². The molecular weight excluding hydrogens is 713 g/mol. The van der Waals surface area contributed by atoms with Crippen molar-refractivity contribution >= 4 is 5.97 Å². The molecule has 0 aromatic heterocycles. The summed E-state index contributed by atoms with van der Waals surface area (Å²) in [6, 6.07) is 58.5. The molecule has 0 radical (unpaired) electrons. The Morgan fingerprint density at radius 3 is 1.42 bits per heavy atom. The maximum Gasteiger partial charge on any atom is 0.338 e. The van der Waals surface area contributed by atoms with E-state index in [1.54, 1.807) is 24.3 Å². The Bertz CT molecular complexity index is 2330. The van der Waals surface area contributed by atoms with Crippen LogP contribution in [0.5, 0.6) is 28.7 Å². The van der Waals surface area contributed by atoms with Crippen LogP contribution in [0.3, 0.4) is 0 Å². The molecule has 0 saturated heterocycles. The number of rotatable bonds is 15. The van der Waals surface area contributed by atoms with Gasteiger partial charge >= 0.3 is 5.97 Å². The van der Waals surface area contributed by atoms with Crippen molar-refractivity contribution in [1.82, 2.24) is 0 Å². The van der Waals surface area contributed by atoms with Crippen LogP contribution in [0.1, 0.15) is 49.8 Å². The van der Waals surface area contributed by atoms with Crippen molar-refractivity contribution in [2.75, 3.05) is 0 Å². The fourth-order valence-electron chi connectivity index (χ4n) is 6.63. The van der Waals surface area contributed by atoms with Gasteiger partial charge in [0.2, 0.25) is 0 Å². The van der Waals surface area contributed by atoms with Crippen molar-refractivity contribution in [2.45, 2.75) is 45.1 Å². The lowest BCUT2D eigenvalue weighted by Crippen LogP contribution is -2.35. The summed E-state index contributed by atoms with van der Waals surface area (Å²) in [5, 5.41) is 0. The minimum atomic E-state index is -0.690. The fourth-order valence-corrected chi connectivity index (χ4v) is 6.63. The molecule has 1 aliphatic heterocycles. The molecule has 2 atom stereocenters. The summed E-state index contributed by atoms with van der Waals surface area (Å²) in [4.78, 5) is 13.8. The smallest absolute Gasteiger partial charge is 0.338 e. The highest BCUT2D eigenvalue weighted by molar-refractivity contribution is 5.89. The minimum Gasteiger partial charge on any atom is -0.489 e. The van der Waals surface area contributed by atoms with Crippen molar-refractivity contribution < 1.29 is 33.2 Å². The van der Waals surface area contributed by atoms with E-state index in [0.717, 1.165) is 39.1 Å². The minimum absolute atomic E-state index is 0.340. The summed E-state index contributed by atoms with van der Waals surface area (Å²) in [7, 11) is 0. The lowest BCUT2D eigenvalue weighted by atomic mass is 9.93. The molecule has 0 bridgehead atoms. The largest absolute Gasteiger partial charge is 0.489 e. The van der Waals surface area contributed by atoms with Crippen LogP contribution < -0.4 is 23.7 Å². The van der Waals surface area contributed by atoms with Gasteiger partial charge in [0.15, 0.2) is 6.10 Å². The van der Waals surface area contributed by atoms with E-state index in [0.29, 0.717) is 61.4 Å². The van der Waals surface area contributed by atoms with E-state index in [-0.39, 0.29) is 0 Å². The molecule has 0 aliphatic carbocycles. The second kappa shape index (κ2) is 18.1. The number of hydrogen-bond donors (Lipinski definition) is 0. The molecule has 7 aromatic carbocycles. The van der Waals surface area contributed by atoms with Crippen LogP contribution in [0.2, 0.25) is 0 Å². The number of hydrogen-bond acceptors (Lipinski definition) is 7. The third-order valence-electron chi connectivity index (χ3n) is 9.68. The molecule has 0 spiro atoms. The van der Waals surface area contributed by atoms with Crippen LogP contribution in [-0.4, -0.2) is 12.1 Å². The van der Waals surface area contributed by atoms with Crippen molar-refractivity contribution in [3.8, 4) is 28.7 Å². The van der Waals surface area contributed by atoms with E-state index in [4.69, 9.17) is 28.4 Å². The zero-order chi connectivity index (χ0) is 38.7. The van der Waals surface area contributed by atoms with Gasteiger partial charge in [0, 0.05) is 24.1 Å². The molecule has 8 rings (SSSR count). The summed E-state index contributed by atoms with van der Waals surface area (Å²) >= 11 is 0. The van der Waals surface area contributed by atoms with Crippen LogP contribution >= 0.6 is 0 Å². The molecule has 1 heterocycles. The summed E-state index contributed by atoms with van der Waals surface area (Å²) < 4.78 is 38.0. The van der Waals surface area contributed by atoms with Gasteiger partial charge in [0.05, 0.1) is 5.56 Å². The number of carbonyl (C=O) groups is 1. The predicted octanol–water partition coefficient (Wildman–Crippen LogP) is 10.9. The molecular formula is C50H42O7. The first-order valence-corrected chi connectivity index (χ1v) is 19.0. The number of benzene rings is 7. The molecule has 57 heavy (non-hydrogen) atoms. The molecule has 1 aliphatic rings. The number of fused-ring (bicyclic) bond motifs is 1. The first-order chi connectivity index (χ1) is 28.1. The SMILES string of the molecule is O=C(O[C@H]1Cc2c(OCc3ccccc3)cc(OCc3ccccc3)cc2O[C@H]1c1ccc(OCc2ccccc2)cc1)c1ccc(OCc2ccccc2)cc1. The number of ether oxygens (including phenoxy) is 6. The third kappa shape index (κ3) is 9.82. The Morgan fingerprint density at radius 1 is 0.491 bits per heavy atom. The molecule has 7 heteroatoms. The molecule has 7 nitrogen and oxygen atoms in total. The molecule has 0 unspecified atom stereocenters. The van der Waals surface area contributed by atoms with Crippen molar-refractivity contribution in [3.63, 3.8) is 0 Å². The fraction of sp³-hybridized carbons (Fsp3) is 0.140. The summed E-state index contributed by atoms with van der Waals surface area (Å²) in [6.45, 7) is 1.59. The Kier molecular flexibility index (Phi) is 11.7. The van der Waals surface area contributed by atoms with E-state index in [9.17, 15) is 4.79 Å². The van der Waals surface area contributed by atoms with E-state index in [1.165, 1.54) is 0 Å². The van der Waals surface area contributed by atoms with Crippen molar-refractivity contribution in [3.05, 3.63) is 221 Å². The predicted molar refractivity (Wildman–Crippen MR) is 219 cm³/mol. The van der Waals surface area contributed by atoms with Gasteiger partial charge in [-0.15, -0.1) is 0 Å². The van der Waals surface area contributed by atoms with Gasteiger partial charge in [-0.2, -0.15) is 0 Å². The standard InChI is InChI=1S/C50H42O7/c51-50(41-23-27-43(28-24-41)53-33-37-15-7-2-8-16-37)57-48-31-45-46(55-35-39-19-11-4-12-20-39)29-44(54-34-38-17-9-3-10-18-38)30-47(45)56-49(48)40-21-25-42(26-22-40)52-32-36-13-5-1-6-14-36/h1-30,48-49H,31-35H2/t48-,49-/m0/s1. The first kappa shape index (κ1) is 37.0.